The Bertz CT molecular complexity index is 508. The van der Waals surface area contributed by atoms with Crippen molar-refractivity contribution in [1.29, 1.82) is 0 Å². The Morgan fingerprint density at radius 3 is 3.12 bits per heavy atom. The van der Waals surface area contributed by atoms with E-state index < -0.39 is 0 Å². The zero-order valence-electron chi connectivity index (χ0n) is 8.68. The maximum atomic E-state index is 5.42. The van der Waals surface area contributed by atoms with Gasteiger partial charge in [0.05, 0.1) is 0 Å². The molecule has 0 radical (unpaired) electrons. The number of aromatic nitrogens is 2. The van der Waals surface area contributed by atoms with Gasteiger partial charge in [0, 0.05) is 24.6 Å². The number of fused-ring (bicyclic) bond motifs is 1. The van der Waals surface area contributed by atoms with Crippen molar-refractivity contribution < 1.29 is 4.52 Å². The van der Waals surface area contributed by atoms with Gasteiger partial charge in [-0.15, -0.1) is 0 Å². The molecule has 1 atom stereocenters. The molecular weight excluding hydrogens is 204 g/mol. The van der Waals surface area contributed by atoms with E-state index >= 15 is 0 Å². The molecule has 1 aliphatic rings. The fourth-order valence-corrected chi connectivity index (χ4v) is 2.10. The predicted molar refractivity (Wildman–Crippen MR) is 60.1 cm³/mol. The van der Waals surface area contributed by atoms with Crippen molar-refractivity contribution in [3.8, 4) is 0 Å². The summed E-state index contributed by atoms with van der Waals surface area (Å²) >= 11 is 0. The number of hydrogen-bond acceptors (Lipinski definition) is 5. The highest BCUT2D eigenvalue weighted by molar-refractivity contribution is 5.57. The molecule has 5 nitrogen and oxygen atoms in total. The van der Waals surface area contributed by atoms with Crippen molar-refractivity contribution in [3.05, 3.63) is 35.7 Å². The second-order valence-corrected chi connectivity index (χ2v) is 3.92. The van der Waals surface area contributed by atoms with E-state index in [-0.39, 0.29) is 5.95 Å². The van der Waals surface area contributed by atoms with Gasteiger partial charge in [0.15, 0.2) is 0 Å². The standard InChI is InChI=1S/C11H12N4O/c12-11-14-10(16-15-11)5-7-6-13-9-4-2-1-3-8(7)9/h1-4,7,13H,5-6H2,(H2,12,15). The summed E-state index contributed by atoms with van der Waals surface area (Å²) in [5, 5.41) is 6.94. The van der Waals surface area contributed by atoms with Gasteiger partial charge in [-0.3, -0.25) is 0 Å². The molecule has 0 saturated heterocycles. The summed E-state index contributed by atoms with van der Waals surface area (Å²) in [4.78, 5) is 4.02. The largest absolute Gasteiger partial charge is 0.384 e. The summed E-state index contributed by atoms with van der Waals surface area (Å²) in [6.45, 7) is 0.904. The number of para-hydroxylation sites is 1. The first-order valence-electron chi connectivity index (χ1n) is 5.24. The van der Waals surface area contributed by atoms with E-state index in [9.17, 15) is 0 Å². The van der Waals surface area contributed by atoms with Crippen molar-refractivity contribution in [2.24, 2.45) is 0 Å². The first-order chi connectivity index (χ1) is 7.83. The topological polar surface area (TPSA) is 77.0 Å². The zero-order valence-corrected chi connectivity index (χ0v) is 8.68. The molecule has 0 aliphatic carbocycles. The van der Waals surface area contributed by atoms with Crippen LogP contribution in [0.3, 0.4) is 0 Å². The first kappa shape index (κ1) is 9.21. The summed E-state index contributed by atoms with van der Waals surface area (Å²) in [5.74, 6) is 1.19. The van der Waals surface area contributed by atoms with E-state index in [4.69, 9.17) is 10.3 Å². The number of nitrogens with one attached hydrogen (secondary N) is 1. The average Bonchev–Trinajstić information content (AvgIpc) is 2.87. The second-order valence-electron chi connectivity index (χ2n) is 3.92. The number of nitrogens with two attached hydrogens (primary N) is 1. The van der Waals surface area contributed by atoms with Crippen LogP contribution in [0.1, 0.15) is 17.4 Å². The van der Waals surface area contributed by atoms with Crippen LogP contribution in [0.2, 0.25) is 0 Å². The van der Waals surface area contributed by atoms with E-state index in [0.717, 1.165) is 13.0 Å². The van der Waals surface area contributed by atoms with Gasteiger partial charge in [-0.2, -0.15) is 4.98 Å². The Hall–Kier alpha value is -2.04. The summed E-state index contributed by atoms with van der Waals surface area (Å²) in [6, 6.07) is 8.27. The van der Waals surface area contributed by atoms with Crippen LogP contribution < -0.4 is 11.1 Å². The van der Waals surface area contributed by atoms with Crippen LogP contribution >= 0.6 is 0 Å². The SMILES string of the molecule is Nc1noc(CC2CNc3ccccc32)n1. The lowest BCUT2D eigenvalue weighted by Crippen LogP contribution is -2.05. The van der Waals surface area contributed by atoms with Gasteiger partial charge >= 0.3 is 0 Å². The number of nitrogens with zero attached hydrogens (tertiary/aromatic N) is 2. The monoisotopic (exact) mass is 216 g/mol. The van der Waals surface area contributed by atoms with Crippen LogP contribution in [0.15, 0.2) is 28.8 Å². The summed E-state index contributed by atoms with van der Waals surface area (Å²) in [7, 11) is 0. The highest BCUT2D eigenvalue weighted by Crippen LogP contribution is 2.32. The summed E-state index contributed by atoms with van der Waals surface area (Å²) in [6.07, 6.45) is 0.730. The van der Waals surface area contributed by atoms with Gasteiger partial charge in [0.25, 0.3) is 5.95 Å². The van der Waals surface area contributed by atoms with Crippen molar-refractivity contribution >= 4 is 11.6 Å². The van der Waals surface area contributed by atoms with Gasteiger partial charge in [-0.05, 0) is 16.8 Å². The van der Waals surface area contributed by atoms with Gasteiger partial charge in [-0.25, -0.2) is 0 Å². The van der Waals surface area contributed by atoms with Crippen LogP contribution in [0, 0.1) is 0 Å². The maximum Gasteiger partial charge on any atom is 0.260 e. The molecular formula is C11H12N4O. The minimum atomic E-state index is 0.203. The third kappa shape index (κ3) is 1.50. The number of rotatable bonds is 2. The molecule has 5 heteroatoms. The fourth-order valence-electron chi connectivity index (χ4n) is 2.10. The minimum Gasteiger partial charge on any atom is -0.384 e. The quantitative estimate of drug-likeness (QED) is 0.793. The molecule has 0 amide bonds. The number of hydrogen-bond donors (Lipinski definition) is 2. The van der Waals surface area contributed by atoms with Gasteiger partial charge < -0.3 is 15.6 Å². The molecule has 0 spiro atoms. The molecule has 1 unspecified atom stereocenters. The molecule has 16 heavy (non-hydrogen) atoms. The van der Waals surface area contributed by atoms with E-state index in [1.165, 1.54) is 11.3 Å². The van der Waals surface area contributed by atoms with E-state index in [1.807, 2.05) is 12.1 Å². The van der Waals surface area contributed by atoms with Crippen molar-refractivity contribution in [1.82, 2.24) is 10.1 Å². The Morgan fingerprint density at radius 1 is 1.44 bits per heavy atom. The van der Waals surface area contributed by atoms with Gasteiger partial charge in [0.1, 0.15) is 0 Å². The molecule has 2 aromatic rings. The second kappa shape index (κ2) is 3.52. The Morgan fingerprint density at radius 2 is 2.31 bits per heavy atom. The Kier molecular flexibility index (Phi) is 2.02. The normalized spacial score (nSPS) is 18.1. The third-order valence-corrected chi connectivity index (χ3v) is 2.84. The molecule has 3 N–H and O–H groups in total. The molecule has 82 valence electrons. The van der Waals surface area contributed by atoms with Crippen LogP contribution in [0.4, 0.5) is 11.6 Å². The van der Waals surface area contributed by atoms with E-state index in [1.54, 1.807) is 0 Å². The van der Waals surface area contributed by atoms with E-state index in [2.05, 4.69) is 27.6 Å². The highest BCUT2D eigenvalue weighted by atomic mass is 16.5. The number of benzene rings is 1. The maximum absolute atomic E-state index is 5.42. The Labute approximate surface area is 92.7 Å². The Balaban J connectivity index is 1.83. The van der Waals surface area contributed by atoms with Gasteiger partial charge in [-0.1, -0.05) is 18.2 Å². The highest BCUT2D eigenvalue weighted by Gasteiger charge is 2.23. The molecule has 0 saturated carbocycles. The molecule has 1 aromatic carbocycles. The lowest BCUT2D eigenvalue weighted by Gasteiger charge is -2.05. The van der Waals surface area contributed by atoms with Crippen LogP contribution in [0.25, 0.3) is 0 Å². The van der Waals surface area contributed by atoms with Crippen molar-refractivity contribution in [2.45, 2.75) is 12.3 Å². The lowest BCUT2D eigenvalue weighted by molar-refractivity contribution is 0.372. The lowest BCUT2D eigenvalue weighted by atomic mass is 9.98. The van der Waals surface area contributed by atoms with E-state index in [0.29, 0.717) is 11.8 Å². The molecule has 2 heterocycles. The zero-order chi connectivity index (χ0) is 11.0. The third-order valence-electron chi connectivity index (χ3n) is 2.84. The van der Waals surface area contributed by atoms with Crippen LogP contribution in [-0.4, -0.2) is 16.7 Å². The molecule has 3 rings (SSSR count). The number of anilines is 2. The van der Waals surface area contributed by atoms with Crippen LogP contribution in [0.5, 0.6) is 0 Å². The predicted octanol–water partition coefficient (Wildman–Crippen LogP) is 1.40. The number of nitrogen functional groups attached to an aromatic ring is 1. The first-order valence-corrected chi connectivity index (χ1v) is 5.24. The van der Waals surface area contributed by atoms with Crippen LogP contribution in [-0.2, 0) is 6.42 Å². The molecule has 1 aromatic heterocycles. The smallest absolute Gasteiger partial charge is 0.260 e. The van der Waals surface area contributed by atoms with Crippen molar-refractivity contribution in [2.75, 3.05) is 17.6 Å². The minimum absolute atomic E-state index is 0.203. The molecule has 0 bridgehead atoms. The summed E-state index contributed by atoms with van der Waals surface area (Å²) < 4.78 is 5.03. The van der Waals surface area contributed by atoms with Gasteiger partial charge in [0.2, 0.25) is 5.89 Å². The van der Waals surface area contributed by atoms with Crippen molar-refractivity contribution in [3.63, 3.8) is 0 Å². The molecule has 1 aliphatic heterocycles. The average molecular weight is 216 g/mol. The summed E-state index contributed by atoms with van der Waals surface area (Å²) in [5.41, 5.74) is 7.92. The molecule has 0 fully saturated rings. The fraction of sp³-hybridized carbons (Fsp3) is 0.273.